The molecule has 0 unspecified atom stereocenters. The van der Waals surface area contributed by atoms with Crippen LogP contribution in [-0.4, -0.2) is 22.9 Å². The number of hydrogen-bond donors (Lipinski definition) is 2. The highest BCUT2D eigenvalue weighted by molar-refractivity contribution is 6.15. The molecule has 0 aromatic rings. The summed E-state index contributed by atoms with van der Waals surface area (Å²) in [5.74, 6) is 0. The predicted molar refractivity (Wildman–Crippen MR) is 23.7 cm³/mol. The number of rotatable bonds is 0. The van der Waals surface area contributed by atoms with Gasteiger partial charge in [-0.1, -0.05) is 5.28 Å². The molecule has 1 heterocycles. The highest BCUT2D eigenvalue weighted by atomic mass is 16.6. The minimum Gasteiger partial charge on any atom is -0.251 e. The van der Waals surface area contributed by atoms with Gasteiger partial charge >= 0.3 is 0 Å². The molecule has 1 aliphatic heterocycles. The van der Waals surface area contributed by atoms with E-state index in [2.05, 4.69) is 15.7 Å². The first-order chi connectivity index (χ1) is 3.39. The zero-order chi connectivity index (χ0) is 5.11. The summed E-state index contributed by atoms with van der Waals surface area (Å²) in [4.78, 5) is 0. The fourth-order valence-corrected chi connectivity index (χ4v) is 0.237. The summed E-state index contributed by atoms with van der Waals surface area (Å²) in [5.41, 5.74) is 2.14. The van der Waals surface area contributed by atoms with Gasteiger partial charge in [0, 0.05) is 0 Å². The summed E-state index contributed by atoms with van der Waals surface area (Å²) in [6.07, 6.45) is 2.78. The zero-order valence-corrected chi connectivity index (χ0v) is 3.44. The highest BCUT2D eigenvalue weighted by Crippen LogP contribution is 1.75. The molecule has 2 N–H and O–H groups in total. The third kappa shape index (κ3) is 0.866. The number of hydrogen-bond acceptors (Lipinski definition) is 5. The van der Waals surface area contributed by atoms with Gasteiger partial charge in [-0.2, -0.15) is 10.6 Å². The Balaban J connectivity index is 2.49. The van der Waals surface area contributed by atoms with Crippen LogP contribution in [0.5, 0.6) is 0 Å². The van der Waals surface area contributed by atoms with Crippen molar-refractivity contribution in [2.45, 2.75) is 0 Å². The first-order valence-corrected chi connectivity index (χ1v) is 1.70. The molecule has 1 rings (SSSR count). The molecule has 0 fully saturated rings. The van der Waals surface area contributed by atoms with Crippen LogP contribution in [0.3, 0.4) is 0 Å². The molecule has 0 saturated heterocycles. The summed E-state index contributed by atoms with van der Waals surface area (Å²) in [7, 11) is 0. The van der Waals surface area contributed by atoms with Gasteiger partial charge in [0.05, 0.1) is 12.4 Å². The molecule has 0 aliphatic carbocycles. The van der Waals surface area contributed by atoms with Gasteiger partial charge in [-0.25, -0.2) is 0 Å². The topological polar surface area (TPSA) is 60.2 Å². The first-order valence-electron chi connectivity index (χ1n) is 1.70. The summed E-state index contributed by atoms with van der Waals surface area (Å²) in [6, 6.07) is 0. The Hall–Kier alpha value is -1.10. The van der Waals surface area contributed by atoms with Gasteiger partial charge in [-0.15, -0.1) is 5.10 Å². The Labute approximate surface area is 39.9 Å². The molecule has 1 aliphatic rings. The fraction of sp³-hybridized carbons (Fsp3) is 0. The van der Waals surface area contributed by atoms with E-state index in [0.29, 0.717) is 5.28 Å². The lowest BCUT2D eigenvalue weighted by Crippen LogP contribution is -2.28. The number of hydrazine groups is 1. The van der Waals surface area contributed by atoms with Crippen molar-refractivity contribution in [3.63, 3.8) is 0 Å². The lowest BCUT2D eigenvalue weighted by atomic mass is 10.8. The summed E-state index contributed by atoms with van der Waals surface area (Å²) in [5, 5.41) is 15.6. The summed E-state index contributed by atoms with van der Waals surface area (Å²) < 4.78 is 0. The predicted octanol–water partition coefficient (Wildman–Crippen LogP) is -0.833. The van der Waals surface area contributed by atoms with Crippen LogP contribution in [0.25, 0.3) is 0 Å². The molecule has 7 heavy (non-hydrogen) atoms. The minimum absolute atomic E-state index is 0.514. The Bertz CT molecular complexity index is 108. The molecule has 0 bridgehead atoms. The van der Waals surface area contributed by atoms with Crippen molar-refractivity contribution in [3.05, 3.63) is 0 Å². The van der Waals surface area contributed by atoms with Gasteiger partial charge in [0.1, 0.15) is 0 Å². The molecule has 0 aromatic carbocycles. The molecular weight excluding hydrogens is 96.0 g/mol. The molecule has 0 aromatic heterocycles. The van der Waals surface area contributed by atoms with E-state index in [1.807, 2.05) is 0 Å². The van der Waals surface area contributed by atoms with Crippen molar-refractivity contribution >= 4 is 12.4 Å². The molecule has 0 spiro atoms. The van der Waals surface area contributed by atoms with E-state index in [4.69, 9.17) is 5.21 Å². The zero-order valence-electron chi connectivity index (χ0n) is 3.44. The van der Waals surface area contributed by atoms with E-state index in [-0.39, 0.29) is 0 Å². The van der Waals surface area contributed by atoms with Crippen LogP contribution < -0.4 is 5.53 Å². The van der Waals surface area contributed by atoms with Crippen molar-refractivity contribution < 1.29 is 5.21 Å². The molecule has 0 atom stereocenters. The second-order valence-corrected chi connectivity index (χ2v) is 0.932. The third-order valence-electron chi connectivity index (χ3n) is 0.464. The van der Waals surface area contributed by atoms with E-state index in [1.54, 1.807) is 0 Å². The van der Waals surface area contributed by atoms with E-state index in [0.717, 1.165) is 0 Å². The Morgan fingerprint density at radius 1 is 1.57 bits per heavy atom. The van der Waals surface area contributed by atoms with E-state index >= 15 is 0 Å². The SMILES string of the molecule is ON1N=CC=NN1. The van der Waals surface area contributed by atoms with Crippen molar-refractivity contribution in [3.8, 4) is 0 Å². The Morgan fingerprint density at radius 3 is 2.71 bits per heavy atom. The lowest BCUT2D eigenvalue weighted by Gasteiger charge is -2.08. The highest BCUT2D eigenvalue weighted by Gasteiger charge is 1.88. The van der Waals surface area contributed by atoms with Crippen LogP contribution in [0.2, 0.25) is 0 Å². The number of nitrogens with one attached hydrogen (secondary N) is 1. The average molecular weight is 100 g/mol. The lowest BCUT2D eigenvalue weighted by molar-refractivity contribution is -0.136. The van der Waals surface area contributed by atoms with Crippen LogP contribution in [0.1, 0.15) is 0 Å². The van der Waals surface area contributed by atoms with Crippen molar-refractivity contribution in [1.82, 2.24) is 10.8 Å². The van der Waals surface area contributed by atoms with Crippen LogP contribution in [0.15, 0.2) is 10.2 Å². The molecule has 0 saturated carbocycles. The van der Waals surface area contributed by atoms with Gasteiger partial charge in [0.2, 0.25) is 0 Å². The minimum atomic E-state index is 0.514. The molecule has 38 valence electrons. The summed E-state index contributed by atoms with van der Waals surface area (Å²) in [6.45, 7) is 0. The fourth-order valence-electron chi connectivity index (χ4n) is 0.237. The maximum atomic E-state index is 8.32. The van der Waals surface area contributed by atoms with Gasteiger partial charge in [-0.3, -0.25) is 5.21 Å². The van der Waals surface area contributed by atoms with Crippen molar-refractivity contribution in [2.24, 2.45) is 10.2 Å². The average Bonchev–Trinajstić information content (AvgIpc) is 1.69. The molecule has 0 radical (unpaired) electrons. The number of nitrogens with zero attached hydrogens (tertiary/aromatic N) is 3. The normalized spacial score (nSPS) is 17.0. The first kappa shape index (κ1) is 4.07. The van der Waals surface area contributed by atoms with E-state index in [1.165, 1.54) is 12.4 Å². The third-order valence-corrected chi connectivity index (χ3v) is 0.464. The Morgan fingerprint density at radius 2 is 2.43 bits per heavy atom. The van der Waals surface area contributed by atoms with Crippen LogP contribution in [-0.2, 0) is 0 Å². The maximum Gasteiger partial charge on any atom is 0.0718 e. The van der Waals surface area contributed by atoms with Crippen LogP contribution in [0.4, 0.5) is 0 Å². The van der Waals surface area contributed by atoms with Gasteiger partial charge in [0.15, 0.2) is 0 Å². The molecule has 5 nitrogen and oxygen atoms in total. The quantitative estimate of drug-likeness (QED) is 0.417. The molecule has 5 heteroatoms. The van der Waals surface area contributed by atoms with Crippen molar-refractivity contribution in [1.29, 1.82) is 0 Å². The van der Waals surface area contributed by atoms with E-state index < -0.39 is 0 Å². The van der Waals surface area contributed by atoms with Gasteiger partial charge in [-0.05, 0) is 0 Å². The second-order valence-electron chi connectivity index (χ2n) is 0.932. The Kier molecular flexibility index (Phi) is 0.910. The molecular formula is C2H4N4O. The monoisotopic (exact) mass is 100 g/mol. The van der Waals surface area contributed by atoms with Crippen LogP contribution in [0, 0.1) is 0 Å². The van der Waals surface area contributed by atoms with Gasteiger partial charge in [0.25, 0.3) is 0 Å². The number of hydrazone groups is 2. The molecule has 0 amide bonds. The van der Waals surface area contributed by atoms with Crippen molar-refractivity contribution in [2.75, 3.05) is 0 Å². The second kappa shape index (κ2) is 1.57. The summed E-state index contributed by atoms with van der Waals surface area (Å²) >= 11 is 0. The maximum absolute atomic E-state index is 8.32. The van der Waals surface area contributed by atoms with Crippen LogP contribution >= 0.6 is 0 Å². The van der Waals surface area contributed by atoms with Gasteiger partial charge < -0.3 is 0 Å². The standard InChI is InChI=1S/C2H4N4O/c7-6-4-2-1-3-5-6/h1-2,5,7H. The smallest absolute Gasteiger partial charge is 0.0718 e. The largest absolute Gasteiger partial charge is 0.251 e. The van der Waals surface area contributed by atoms with E-state index in [9.17, 15) is 0 Å².